The fourth-order valence-electron chi connectivity index (χ4n) is 5.67. The molecular formula is C27H38Si. The van der Waals surface area contributed by atoms with Crippen LogP contribution in [0.2, 0.25) is 0 Å². The van der Waals surface area contributed by atoms with Crippen molar-refractivity contribution in [3.63, 3.8) is 0 Å². The molecule has 2 aliphatic carbocycles. The second-order valence-corrected chi connectivity index (χ2v) is 10.9. The fraction of sp³-hybridized carbons (Fsp3) is 0.481. The SMILES string of the molecule is CCc1cc(CC)cc([SiH2]C2=C(C)C(C)=C(C)C2(C)C2(CC)C=CC=CC2)c1. The third kappa shape index (κ3) is 3.22. The third-order valence-electron chi connectivity index (χ3n) is 8.01. The summed E-state index contributed by atoms with van der Waals surface area (Å²) in [5.41, 5.74) is 8.11. The van der Waals surface area contributed by atoms with Gasteiger partial charge in [-0.2, -0.15) is 0 Å². The van der Waals surface area contributed by atoms with Gasteiger partial charge in [0.15, 0.2) is 0 Å². The Morgan fingerprint density at radius 1 is 0.893 bits per heavy atom. The molecule has 0 heterocycles. The first kappa shape index (κ1) is 21.1. The van der Waals surface area contributed by atoms with Gasteiger partial charge in [-0.1, -0.05) is 91.7 Å². The van der Waals surface area contributed by atoms with Gasteiger partial charge in [-0.15, -0.1) is 0 Å². The summed E-state index contributed by atoms with van der Waals surface area (Å²) in [7, 11) is -0.523. The predicted molar refractivity (Wildman–Crippen MR) is 128 cm³/mol. The number of hydrogen-bond acceptors (Lipinski definition) is 0. The number of hydrogen-bond donors (Lipinski definition) is 0. The van der Waals surface area contributed by atoms with E-state index >= 15 is 0 Å². The summed E-state index contributed by atoms with van der Waals surface area (Å²) in [5.74, 6) is 0. The van der Waals surface area contributed by atoms with Gasteiger partial charge in [0.1, 0.15) is 0 Å². The Kier molecular flexibility index (Phi) is 6.05. The average Bonchev–Trinajstić information content (AvgIpc) is 2.90. The van der Waals surface area contributed by atoms with Crippen molar-refractivity contribution in [2.75, 3.05) is 0 Å². The molecule has 0 saturated carbocycles. The van der Waals surface area contributed by atoms with E-state index in [-0.39, 0.29) is 10.8 Å². The van der Waals surface area contributed by atoms with Gasteiger partial charge in [-0.05, 0) is 63.2 Å². The Bertz CT molecular complexity index is 857. The molecule has 0 N–H and O–H groups in total. The van der Waals surface area contributed by atoms with Crippen LogP contribution in [0, 0.1) is 10.8 Å². The highest BCUT2D eigenvalue weighted by Crippen LogP contribution is 2.60. The molecule has 0 bridgehead atoms. The quantitative estimate of drug-likeness (QED) is 0.511. The van der Waals surface area contributed by atoms with E-state index in [0.29, 0.717) is 0 Å². The number of allylic oxidation sites excluding steroid dienone is 8. The average molecular weight is 391 g/mol. The summed E-state index contributed by atoms with van der Waals surface area (Å²) in [6.45, 7) is 16.7. The van der Waals surface area contributed by atoms with Crippen molar-refractivity contribution in [1.29, 1.82) is 0 Å². The first-order valence-corrected chi connectivity index (χ1v) is 12.6. The topological polar surface area (TPSA) is 0 Å². The van der Waals surface area contributed by atoms with Crippen LogP contribution in [0.25, 0.3) is 0 Å². The Balaban J connectivity index is 2.11. The first-order chi connectivity index (χ1) is 13.3. The predicted octanol–water partition coefficient (Wildman–Crippen LogP) is 6.15. The number of aryl methyl sites for hydroxylation is 2. The van der Waals surface area contributed by atoms with E-state index in [1.807, 2.05) is 0 Å². The maximum absolute atomic E-state index is 2.56. The summed E-state index contributed by atoms with van der Waals surface area (Å²) in [4.78, 5) is 0. The van der Waals surface area contributed by atoms with Crippen molar-refractivity contribution in [3.8, 4) is 0 Å². The molecule has 1 aromatic carbocycles. The van der Waals surface area contributed by atoms with Gasteiger partial charge >= 0.3 is 0 Å². The lowest BCUT2D eigenvalue weighted by Gasteiger charge is -2.49. The van der Waals surface area contributed by atoms with Gasteiger partial charge in [0, 0.05) is 10.8 Å². The molecule has 0 radical (unpaired) electrons. The van der Waals surface area contributed by atoms with E-state index in [4.69, 9.17) is 0 Å². The van der Waals surface area contributed by atoms with E-state index in [2.05, 4.69) is 91.0 Å². The first-order valence-electron chi connectivity index (χ1n) is 11.2. The molecule has 0 nitrogen and oxygen atoms in total. The zero-order valence-corrected chi connectivity index (χ0v) is 20.5. The van der Waals surface area contributed by atoms with Crippen molar-refractivity contribution >= 4 is 14.7 Å². The summed E-state index contributed by atoms with van der Waals surface area (Å²) >= 11 is 0. The highest BCUT2D eigenvalue weighted by molar-refractivity contribution is 6.62. The highest BCUT2D eigenvalue weighted by atomic mass is 28.2. The van der Waals surface area contributed by atoms with Gasteiger partial charge in [-0.25, -0.2) is 0 Å². The van der Waals surface area contributed by atoms with E-state index in [9.17, 15) is 0 Å². The summed E-state index contributed by atoms with van der Waals surface area (Å²) in [6.07, 6.45) is 14.0. The van der Waals surface area contributed by atoms with Crippen LogP contribution in [0.5, 0.6) is 0 Å². The van der Waals surface area contributed by atoms with E-state index in [1.54, 1.807) is 27.1 Å². The molecule has 2 aliphatic rings. The van der Waals surface area contributed by atoms with Crippen molar-refractivity contribution in [3.05, 3.63) is 75.5 Å². The lowest BCUT2D eigenvalue weighted by Crippen LogP contribution is -2.43. The number of rotatable bonds is 6. The van der Waals surface area contributed by atoms with E-state index < -0.39 is 9.52 Å². The van der Waals surface area contributed by atoms with Crippen LogP contribution in [0.1, 0.15) is 72.4 Å². The van der Waals surface area contributed by atoms with Gasteiger partial charge in [0.2, 0.25) is 0 Å². The molecule has 1 heteroatoms. The molecule has 2 atom stereocenters. The van der Waals surface area contributed by atoms with Crippen LogP contribution in [-0.4, -0.2) is 9.52 Å². The third-order valence-corrected chi connectivity index (χ3v) is 10.4. The lowest BCUT2D eigenvalue weighted by molar-refractivity contribution is 0.189. The van der Waals surface area contributed by atoms with Crippen molar-refractivity contribution in [1.82, 2.24) is 0 Å². The molecule has 0 amide bonds. The van der Waals surface area contributed by atoms with Crippen LogP contribution in [-0.2, 0) is 12.8 Å². The molecule has 1 aromatic rings. The normalized spacial score (nSPS) is 27.7. The van der Waals surface area contributed by atoms with Crippen LogP contribution in [0.4, 0.5) is 0 Å². The molecule has 28 heavy (non-hydrogen) atoms. The van der Waals surface area contributed by atoms with E-state index in [0.717, 1.165) is 19.3 Å². The van der Waals surface area contributed by atoms with Gasteiger partial charge in [0.25, 0.3) is 0 Å². The maximum atomic E-state index is 2.56. The minimum atomic E-state index is -0.523. The second-order valence-electron chi connectivity index (χ2n) is 9.02. The summed E-state index contributed by atoms with van der Waals surface area (Å²) in [6, 6.07) is 7.42. The summed E-state index contributed by atoms with van der Waals surface area (Å²) in [5, 5.41) is 3.40. The Morgan fingerprint density at radius 3 is 2.04 bits per heavy atom. The molecule has 0 aliphatic heterocycles. The second kappa shape index (κ2) is 8.03. The van der Waals surface area contributed by atoms with Gasteiger partial charge in [0.05, 0.1) is 9.52 Å². The maximum Gasteiger partial charge on any atom is 0.0839 e. The fourth-order valence-corrected chi connectivity index (χ4v) is 8.31. The monoisotopic (exact) mass is 390 g/mol. The van der Waals surface area contributed by atoms with Crippen molar-refractivity contribution < 1.29 is 0 Å². The highest BCUT2D eigenvalue weighted by Gasteiger charge is 2.51. The Labute approximate surface area is 175 Å². The Hall–Kier alpha value is -1.60. The Morgan fingerprint density at radius 2 is 1.54 bits per heavy atom. The molecule has 0 spiro atoms. The summed E-state index contributed by atoms with van der Waals surface area (Å²) < 4.78 is 0. The zero-order chi connectivity index (χ0) is 20.5. The molecule has 0 fully saturated rings. The molecule has 3 rings (SSSR count). The smallest absolute Gasteiger partial charge is 0.0836 e. The van der Waals surface area contributed by atoms with Crippen LogP contribution in [0.3, 0.4) is 0 Å². The minimum absolute atomic E-state index is 0.151. The van der Waals surface area contributed by atoms with Crippen LogP contribution >= 0.6 is 0 Å². The van der Waals surface area contributed by atoms with Crippen molar-refractivity contribution in [2.24, 2.45) is 10.8 Å². The molecule has 0 saturated heterocycles. The van der Waals surface area contributed by atoms with E-state index in [1.165, 1.54) is 17.5 Å². The molecular weight excluding hydrogens is 352 g/mol. The molecule has 150 valence electrons. The number of benzene rings is 1. The van der Waals surface area contributed by atoms with Crippen LogP contribution < -0.4 is 5.19 Å². The van der Waals surface area contributed by atoms with Gasteiger partial charge in [-0.3, -0.25) is 0 Å². The lowest BCUT2D eigenvalue weighted by atomic mass is 9.57. The minimum Gasteiger partial charge on any atom is -0.0836 e. The molecule has 2 unspecified atom stereocenters. The van der Waals surface area contributed by atoms with Crippen molar-refractivity contribution in [2.45, 2.75) is 74.1 Å². The van der Waals surface area contributed by atoms with Gasteiger partial charge < -0.3 is 0 Å². The standard InChI is InChI=1S/C27H38Si/c1-8-22-16-23(9-2)18-24(17-22)28-25-20(5)19(4)21(6)26(25,7)27(10-3)14-12-11-13-15-27/h11-14,16-18H,8-10,15,28H2,1-7H3. The largest absolute Gasteiger partial charge is 0.0839 e. The molecule has 0 aromatic heterocycles. The van der Waals surface area contributed by atoms with Crippen LogP contribution in [0.15, 0.2) is 64.4 Å². The zero-order valence-electron chi connectivity index (χ0n) is 19.1.